The van der Waals surface area contributed by atoms with Crippen molar-refractivity contribution in [3.8, 4) is 0 Å². The minimum atomic E-state index is -4.45. The van der Waals surface area contributed by atoms with E-state index in [1.807, 2.05) is 0 Å². The monoisotopic (exact) mass is 365 g/mol. The molecule has 0 radical (unpaired) electrons. The number of carbonyl (C=O) groups excluding carboxylic acids is 2. The number of hydrogen-bond acceptors (Lipinski definition) is 3. The van der Waals surface area contributed by atoms with Gasteiger partial charge in [-0.2, -0.15) is 13.2 Å². The lowest BCUT2D eigenvalue weighted by atomic mass is 10.1. The van der Waals surface area contributed by atoms with Gasteiger partial charge in [0.2, 0.25) is 5.91 Å². The van der Waals surface area contributed by atoms with Gasteiger partial charge in [-0.15, -0.1) is 0 Å². The van der Waals surface area contributed by atoms with Gasteiger partial charge in [-0.3, -0.25) is 9.59 Å². The van der Waals surface area contributed by atoms with E-state index in [1.54, 1.807) is 24.3 Å². The minimum absolute atomic E-state index is 0.115. The normalized spacial score (nSPS) is 11.0. The molecule has 0 aliphatic heterocycles. The van der Waals surface area contributed by atoms with Gasteiger partial charge < -0.3 is 16.0 Å². The van der Waals surface area contributed by atoms with Gasteiger partial charge in [0.25, 0.3) is 5.91 Å². The van der Waals surface area contributed by atoms with Crippen molar-refractivity contribution >= 4 is 23.2 Å². The Hall–Kier alpha value is -3.03. The first-order valence-corrected chi connectivity index (χ1v) is 7.74. The molecule has 0 aromatic heterocycles. The van der Waals surface area contributed by atoms with E-state index in [-0.39, 0.29) is 23.7 Å². The zero-order valence-corrected chi connectivity index (χ0v) is 14.2. The quantitative estimate of drug-likeness (QED) is 0.760. The molecule has 3 N–H and O–H groups in total. The molecule has 138 valence electrons. The highest BCUT2D eigenvalue weighted by atomic mass is 19.4. The lowest BCUT2D eigenvalue weighted by Crippen LogP contribution is -2.22. The second-order valence-corrected chi connectivity index (χ2v) is 5.59. The van der Waals surface area contributed by atoms with Crippen LogP contribution in [0.5, 0.6) is 0 Å². The summed E-state index contributed by atoms with van der Waals surface area (Å²) in [7, 11) is 1.51. The Kier molecular flexibility index (Phi) is 5.86. The Bertz CT molecular complexity index is 802. The molecule has 0 saturated carbocycles. The van der Waals surface area contributed by atoms with Crippen molar-refractivity contribution in [3.05, 3.63) is 59.2 Å². The number of anilines is 2. The molecule has 0 fully saturated rings. The summed E-state index contributed by atoms with van der Waals surface area (Å²) < 4.78 is 38.7. The second-order valence-electron chi connectivity index (χ2n) is 5.59. The molecular weight excluding hydrogens is 347 g/mol. The van der Waals surface area contributed by atoms with E-state index >= 15 is 0 Å². The molecule has 2 amide bonds. The zero-order chi connectivity index (χ0) is 19.3. The van der Waals surface area contributed by atoms with E-state index in [2.05, 4.69) is 16.0 Å². The summed E-state index contributed by atoms with van der Waals surface area (Å²) in [6.07, 6.45) is -4.45. The number of rotatable bonds is 5. The third kappa shape index (κ3) is 4.98. The lowest BCUT2D eigenvalue weighted by Gasteiger charge is -2.13. The van der Waals surface area contributed by atoms with Crippen LogP contribution in [0.3, 0.4) is 0 Å². The smallest absolute Gasteiger partial charge is 0.376 e. The van der Waals surface area contributed by atoms with Gasteiger partial charge in [0.15, 0.2) is 0 Å². The fourth-order valence-electron chi connectivity index (χ4n) is 2.27. The predicted molar refractivity (Wildman–Crippen MR) is 93.1 cm³/mol. The molecule has 0 aliphatic carbocycles. The lowest BCUT2D eigenvalue weighted by molar-refractivity contribution is -0.138. The van der Waals surface area contributed by atoms with Crippen molar-refractivity contribution in [2.75, 3.05) is 24.2 Å². The number of nitrogens with one attached hydrogen (secondary N) is 3. The van der Waals surface area contributed by atoms with Crippen LogP contribution >= 0.6 is 0 Å². The first-order valence-electron chi connectivity index (χ1n) is 7.74. The Morgan fingerprint density at radius 3 is 2.19 bits per heavy atom. The van der Waals surface area contributed by atoms with Crippen LogP contribution in [0.4, 0.5) is 24.5 Å². The number of benzene rings is 2. The van der Waals surface area contributed by atoms with Crippen LogP contribution in [0.2, 0.25) is 0 Å². The molecule has 0 atom stereocenters. The molecule has 0 aliphatic rings. The summed E-state index contributed by atoms with van der Waals surface area (Å²) in [6.45, 7) is 1.18. The van der Waals surface area contributed by atoms with Gasteiger partial charge in [-0.05, 0) is 48.9 Å². The molecule has 0 saturated heterocycles. The highest BCUT2D eigenvalue weighted by molar-refractivity contribution is 5.96. The van der Waals surface area contributed by atoms with Crippen LogP contribution in [0, 0.1) is 6.92 Å². The topological polar surface area (TPSA) is 70.2 Å². The minimum Gasteiger partial charge on any atom is -0.376 e. The Morgan fingerprint density at radius 1 is 1.00 bits per heavy atom. The first-order chi connectivity index (χ1) is 12.2. The average Bonchev–Trinajstić information content (AvgIpc) is 2.60. The maximum absolute atomic E-state index is 12.9. The molecule has 5 nitrogen and oxygen atoms in total. The number of amides is 2. The highest BCUT2D eigenvalue weighted by Crippen LogP contribution is 2.33. The first kappa shape index (κ1) is 19.3. The van der Waals surface area contributed by atoms with Gasteiger partial charge in [-0.1, -0.05) is 6.07 Å². The summed E-state index contributed by atoms with van der Waals surface area (Å²) in [5.74, 6) is -0.670. The van der Waals surface area contributed by atoms with E-state index in [0.717, 1.165) is 6.07 Å². The zero-order valence-electron chi connectivity index (χ0n) is 14.2. The predicted octanol–water partition coefficient (Wildman–Crippen LogP) is 3.42. The second kappa shape index (κ2) is 7.90. The van der Waals surface area contributed by atoms with Gasteiger partial charge >= 0.3 is 6.18 Å². The Labute approximate surface area is 148 Å². The maximum atomic E-state index is 12.9. The molecule has 0 unspecified atom stereocenters. The number of carbonyl (C=O) groups is 2. The Morgan fingerprint density at radius 2 is 1.62 bits per heavy atom. The molecule has 0 spiro atoms. The molecule has 2 aromatic carbocycles. The fraction of sp³-hybridized carbons (Fsp3) is 0.222. The Balaban J connectivity index is 1.96. The van der Waals surface area contributed by atoms with Crippen molar-refractivity contribution < 1.29 is 22.8 Å². The SMILES string of the molecule is CNC(=O)c1ccc(NC(=O)CNc2ccc(C)c(C(F)(F)F)c2)cc1. The standard InChI is InChI=1S/C18H18F3N3O2/c1-11-3-6-14(9-15(11)18(19,20)21)23-10-16(25)24-13-7-4-12(5-8-13)17(26)22-2/h3-9,23H,10H2,1-2H3,(H,22,26)(H,24,25). The molecule has 0 heterocycles. The average molecular weight is 365 g/mol. The largest absolute Gasteiger partial charge is 0.416 e. The third-order valence-electron chi connectivity index (χ3n) is 3.65. The van der Waals surface area contributed by atoms with E-state index in [1.165, 1.54) is 26.1 Å². The number of halogens is 3. The van der Waals surface area contributed by atoms with E-state index in [9.17, 15) is 22.8 Å². The van der Waals surface area contributed by atoms with Crippen LogP contribution in [-0.2, 0) is 11.0 Å². The van der Waals surface area contributed by atoms with Gasteiger partial charge in [0, 0.05) is 24.0 Å². The maximum Gasteiger partial charge on any atom is 0.416 e. The van der Waals surface area contributed by atoms with Gasteiger partial charge in [0.05, 0.1) is 12.1 Å². The van der Waals surface area contributed by atoms with Crippen LogP contribution in [-0.4, -0.2) is 25.4 Å². The summed E-state index contributed by atoms with van der Waals surface area (Å²) in [5.41, 5.74) is 0.497. The molecule has 8 heteroatoms. The fourth-order valence-corrected chi connectivity index (χ4v) is 2.27. The summed E-state index contributed by atoms with van der Waals surface area (Å²) >= 11 is 0. The van der Waals surface area contributed by atoms with Gasteiger partial charge in [0.1, 0.15) is 0 Å². The molecule has 26 heavy (non-hydrogen) atoms. The third-order valence-corrected chi connectivity index (χ3v) is 3.65. The van der Waals surface area contributed by atoms with Crippen LogP contribution in [0.25, 0.3) is 0 Å². The molecular formula is C18H18F3N3O2. The number of aryl methyl sites for hydroxylation is 1. The highest BCUT2D eigenvalue weighted by Gasteiger charge is 2.32. The van der Waals surface area contributed by atoms with Crippen molar-refractivity contribution in [2.24, 2.45) is 0 Å². The number of alkyl halides is 3. The van der Waals surface area contributed by atoms with Crippen LogP contribution in [0.15, 0.2) is 42.5 Å². The molecule has 2 aromatic rings. The van der Waals surface area contributed by atoms with E-state index in [4.69, 9.17) is 0 Å². The van der Waals surface area contributed by atoms with Crippen molar-refractivity contribution in [1.29, 1.82) is 0 Å². The van der Waals surface area contributed by atoms with Gasteiger partial charge in [-0.25, -0.2) is 0 Å². The molecule has 2 rings (SSSR count). The molecule has 0 bridgehead atoms. The van der Waals surface area contributed by atoms with Crippen molar-refractivity contribution in [3.63, 3.8) is 0 Å². The van der Waals surface area contributed by atoms with E-state index in [0.29, 0.717) is 11.3 Å². The number of hydrogen-bond donors (Lipinski definition) is 3. The van der Waals surface area contributed by atoms with E-state index < -0.39 is 17.6 Å². The summed E-state index contributed by atoms with van der Waals surface area (Å²) in [4.78, 5) is 23.4. The van der Waals surface area contributed by atoms with Crippen molar-refractivity contribution in [2.45, 2.75) is 13.1 Å². The van der Waals surface area contributed by atoms with Crippen LogP contribution in [0.1, 0.15) is 21.5 Å². The summed E-state index contributed by atoms with van der Waals surface area (Å²) in [6, 6.07) is 10.0. The summed E-state index contributed by atoms with van der Waals surface area (Å²) in [5, 5.41) is 7.75. The van der Waals surface area contributed by atoms with Crippen LogP contribution < -0.4 is 16.0 Å². The van der Waals surface area contributed by atoms with Crippen molar-refractivity contribution in [1.82, 2.24) is 5.32 Å².